The van der Waals surface area contributed by atoms with Crippen molar-refractivity contribution in [2.24, 2.45) is 11.8 Å². The number of nitrogens with one attached hydrogen (secondary N) is 1. The van der Waals surface area contributed by atoms with E-state index in [-0.39, 0.29) is 0 Å². The molecule has 0 aromatic heterocycles. The minimum absolute atomic E-state index is 0.533. The molecular formula is C12H22N2O. The summed E-state index contributed by atoms with van der Waals surface area (Å²) >= 11 is 0. The van der Waals surface area contributed by atoms with Crippen LogP contribution in [0.5, 0.6) is 0 Å². The summed E-state index contributed by atoms with van der Waals surface area (Å²) in [6.45, 7) is 7.27. The summed E-state index contributed by atoms with van der Waals surface area (Å²) < 4.78 is 5.80. The maximum Gasteiger partial charge on any atom is 0.0702 e. The highest BCUT2D eigenvalue weighted by molar-refractivity contribution is 4.91. The van der Waals surface area contributed by atoms with E-state index in [1.165, 1.54) is 52.0 Å². The van der Waals surface area contributed by atoms with Crippen LogP contribution in [0.3, 0.4) is 0 Å². The first-order valence-corrected chi connectivity index (χ1v) is 6.46. The van der Waals surface area contributed by atoms with Gasteiger partial charge in [0, 0.05) is 26.2 Å². The van der Waals surface area contributed by atoms with Gasteiger partial charge in [0.15, 0.2) is 0 Å². The molecule has 3 heteroatoms. The van der Waals surface area contributed by atoms with Crippen molar-refractivity contribution in [2.45, 2.75) is 25.4 Å². The van der Waals surface area contributed by atoms with E-state index in [2.05, 4.69) is 10.2 Å². The van der Waals surface area contributed by atoms with Gasteiger partial charge in [-0.1, -0.05) is 0 Å². The van der Waals surface area contributed by atoms with E-state index in [0.717, 1.165) is 18.4 Å². The Morgan fingerprint density at radius 2 is 1.93 bits per heavy atom. The lowest BCUT2D eigenvalue weighted by Crippen LogP contribution is -2.36. The van der Waals surface area contributed by atoms with Crippen LogP contribution in [0.1, 0.15) is 19.3 Å². The molecule has 0 aromatic rings. The molecule has 0 saturated carbocycles. The Hall–Kier alpha value is -0.120. The topological polar surface area (TPSA) is 24.5 Å². The van der Waals surface area contributed by atoms with Crippen LogP contribution >= 0.6 is 0 Å². The summed E-state index contributed by atoms with van der Waals surface area (Å²) in [5.41, 5.74) is 0. The fraction of sp³-hybridized carbons (Fsp3) is 1.00. The SMILES string of the molecule is C1CCC(CN2CC3CNCC3C2)OC1. The van der Waals surface area contributed by atoms with Crippen molar-refractivity contribution in [2.75, 3.05) is 39.3 Å². The third-order valence-corrected chi connectivity index (χ3v) is 4.20. The van der Waals surface area contributed by atoms with E-state index < -0.39 is 0 Å². The molecule has 3 unspecified atom stereocenters. The number of rotatable bonds is 2. The van der Waals surface area contributed by atoms with Gasteiger partial charge < -0.3 is 15.0 Å². The van der Waals surface area contributed by atoms with Crippen molar-refractivity contribution in [3.8, 4) is 0 Å². The lowest BCUT2D eigenvalue weighted by molar-refractivity contribution is -0.00290. The van der Waals surface area contributed by atoms with Gasteiger partial charge >= 0.3 is 0 Å². The first kappa shape index (κ1) is 10.1. The molecule has 3 fully saturated rings. The second kappa shape index (κ2) is 4.40. The fourth-order valence-corrected chi connectivity index (χ4v) is 3.34. The zero-order valence-corrected chi connectivity index (χ0v) is 9.45. The molecule has 0 aliphatic carbocycles. The number of nitrogens with zero attached hydrogens (tertiary/aromatic N) is 1. The number of likely N-dealkylation sites (tertiary alicyclic amines) is 1. The first-order valence-electron chi connectivity index (χ1n) is 6.46. The molecular weight excluding hydrogens is 188 g/mol. The molecule has 0 aromatic carbocycles. The molecule has 86 valence electrons. The van der Waals surface area contributed by atoms with Gasteiger partial charge in [-0.25, -0.2) is 0 Å². The standard InChI is InChI=1S/C12H22N2O/c1-2-4-15-12(3-1)9-14-7-10-5-13-6-11(10)8-14/h10-13H,1-9H2. The van der Waals surface area contributed by atoms with Gasteiger partial charge in [0.1, 0.15) is 0 Å². The molecule has 0 amide bonds. The summed E-state index contributed by atoms with van der Waals surface area (Å²) in [6, 6.07) is 0. The van der Waals surface area contributed by atoms with Crippen LogP contribution in [0.15, 0.2) is 0 Å². The van der Waals surface area contributed by atoms with Gasteiger partial charge in [-0.3, -0.25) is 0 Å². The maximum atomic E-state index is 5.80. The van der Waals surface area contributed by atoms with Crippen molar-refractivity contribution in [3.05, 3.63) is 0 Å². The largest absolute Gasteiger partial charge is 0.377 e. The van der Waals surface area contributed by atoms with E-state index >= 15 is 0 Å². The number of hydrogen-bond acceptors (Lipinski definition) is 3. The maximum absolute atomic E-state index is 5.80. The summed E-state index contributed by atoms with van der Waals surface area (Å²) in [4.78, 5) is 2.63. The molecule has 3 aliphatic heterocycles. The molecule has 0 spiro atoms. The van der Waals surface area contributed by atoms with E-state index in [4.69, 9.17) is 4.74 Å². The Labute approximate surface area is 92.2 Å². The minimum atomic E-state index is 0.533. The van der Waals surface area contributed by atoms with Crippen LogP contribution < -0.4 is 5.32 Å². The zero-order valence-electron chi connectivity index (χ0n) is 9.45. The van der Waals surface area contributed by atoms with Crippen LogP contribution in [-0.4, -0.2) is 50.3 Å². The Balaban J connectivity index is 1.48. The Kier molecular flexibility index (Phi) is 2.95. The average molecular weight is 210 g/mol. The van der Waals surface area contributed by atoms with E-state index in [9.17, 15) is 0 Å². The molecule has 3 saturated heterocycles. The van der Waals surface area contributed by atoms with Gasteiger partial charge in [0.05, 0.1) is 6.10 Å². The first-order chi connectivity index (χ1) is 7.42. The molecule has 0 bridgehead atoms. The monoisotopic (exact) mass is 210 g/mol. The van der Waals surface area contributed by atoms with Crippen molar-refractivity contribution in [3.63, 3.8) is 0 Å². The third kappa shape index (κ3) is 2.19. The molecule has 3 nitrogen and oxygen atoms in total. The van der Waals surface area contributed by atoms with Crippen LogP contribution in [0.25, 0.3) is 0 Å². The number of hydrogen-bond donors (Lipinski definition) is 1. The Morgan fingerprint density at radius 1 is 1.13 bits per heavy atom. The summed E-state index contributed by atoms with van der Waals surface area (Å²) in [7, 11) is 0. The highest BCUT2D eigenvalue weighted by Crippen LogP contribution is 2.27. The van der Waals surface area contributed by atoms with Crippen LogP contribution in [0.4, 0.5) is 0 Å². The molecule has 1 N–H and O–H groups in total. The number of fused-ring (bicyclic) bond motifs is 1. The van der Waals surface area contributed by atoms with Gasteiger partial charge in [-0.05, 0) is 44.2 Å². The second-order valence-electron chi connectivity index (χ2n) is 5.39. The normalized spacial score (nSPS) is 42.0. The third-order valence-electron chi connectivity index (χ3n) is 4.20. The van der Waals surface area contributed by atoms with Crippen molar-refractivity contribution in [1.29, 1.82) is 0 Å². The molecule has 3 aliphatic rings. The highest BCUT2D eigenvalue weighted by atomic mass is 16.5. The molecule has 3 atom stereocenters. The second-order valence-corrected chi connectivity index (χ2v) is 5.39. The fourth-order valence-electron chi connectivity index (χ4n) is 3.34. The van der Waals surface area contributed by atoms with Crippen molar-refractivity contribution < 1.29 is 4.74 Å². The summed E-state index contributed by atoms with van der Waals surface area (Å²) in [5, 5.41) is 3.49. The van der Waals surface area contributed by atoms with Gasteiger partial charge in [-0.2, -0.15) is 0 Å². The smallest absolute Gasteiger partial charge is 0.0702 e. The lowest BCUT2D eigenvalue weighted by atomic mass is 10.0. The van der Waals surface area contributed by atoms with E-state index in [1.807, 2.05) is 0 Å². The quantitative estimate of drug-likeness (QED) is 0.726. The lowest BCUT2D eigenvalue weighted by Gasteiger charge is -2.27. The van der Waals surface area contributed by atoms with E-state index in [0.29, 0.717) is 6.10 Å². The van der Waals surface area contributed by atoms with E-state index in [1.54, 1.807) is 0 Å². The molecule has 0 radical (unpaired) electrons. The van der Waals surface area contributed by atoms with Crippen LogP contribution in [0, 0.1) is 11.8 Å². The Morgan fingerprint density at radius 3 is 2.60 bits per heavy atom. The minimum Gasteiger partial charge on any atom is -0.377 e. The Bertz CT molecular complexity index is 204. The predicted octanol–water partition coefficient (Wildman–Crippen LogP) is 0.707. The molecule has 15 heavy (non-hydrogen) atoms. The number of ether oxygens (including phenoxy) is 1. The van der Waals surface area contributed by atoms with Crippen LogP contribution in [0.2, 0.25) is 0 Å². The predicted molar refractivity (Wildman–Crippen MR) is 59.9 cm³/mol. The van der Waals surface area contributed by atoms with Crippen molar-refractivity contribution in [1.82, 2.24) is 10.2 Å². The summed E-state index contributed by atoms with van der Waals surface area (Å²) in [5.74, 6) is 1.85. The van der Waals surface area contributed by atoms with Gasteiger partial charge in [0.25, 0.3) is 0 Å². The van der Waals surface area contributed by atoms with Crippen LogP contribution in [-0.2, 0) is 4.74 Å². The van der Waals surface area contributed by atoms with Crippen molar-refractivity contribution >= 4 is 0 Å². The molecule has 3 rings (SSSR count). The van der Waals surface area contributed by atoms with Gasteiger partial charge in [-0.15, -0.1) is 0 Å². The average Bonchev–Trinajstić information content (AvgIpc) is 2.79. The summed E-state index contributed by atoms with van der Waals surface area (Å²) in [6.07, 6.45) is 4.45. The van der Waals surface area contributed by atoms with Gasteiger partial charge in [0.2, 0.25) is 0 Å². The molecule has 3 heterocycles. The highest BCUT2D eigenvalue weighted by Gasteiger charge is 2.36. The zero-order chi connectivity index (χ0) is 10.1.